The Labute approximate surface area is 98.2 Å². The van der Waals surface area contributed by atoms with E-state index in [9.17, 15) is 0 Å². The van der Waals surface area contributed by atoms with Gasteiger partial charge >= 0.3 is 0 Å². The lowest BCUT2D eigenvalue weighted by atomic mass is 10.4. The maximum absolute atomic E-state index is 5.17. The molecule has 1 saturated carbocycles. The van der Waals surface area contributed by atoms with Gasteiger partial charge in [-0.25, -0.2) is 4.68 Å². The Bertz CT molecular complexity index is 500. The molecule has 1 aliphatic carbocycles. The van der Waals surface area contributed by atoms with Crippen molar-refractivity contribution in [1.82, 2.24) is 30.5 Å². The van der Waals surface area contributed by atoms with E-state index in [0.717, 1.165) is 11.5 Å². The van der Waals surface area contributed by atoms with E-state index in [2.05, 4.69) is 25.8 Å². The zero-order chi connectivity index (χ0) is 11.7. The minimum atomic E-state index is 0.483. The Balaban J connectivity index is 1.67. The topological polar surface area (TPSA) is 81.7 Å². The van der Waals surface area contributed by atoms with Gasteiger partial charge < -0.3 is 9.84 Å². The molecule has 0 unspecified atom stereocenters. The number of nitrogens with zero attached hydrogens (tertiary/aromatic N) is 5. The lowest BCUT2D eigenvalue weighted by Crippen LogP contribution is -2.05. The third kappa shape index (κ3) is 2.33. The third-order valence-corrected chi connectivity index (χ3v) is 2.67. The summed E-state index contributed by atoms with van der Waals surface area (Å²) in [5.41, 5.74) is 0.898. The summed E-state index contributed by atoms with van der Waals surface area (Å²) >= 11 is 0. The number of hydrogen-bond acceptors (Lipinski definition) is 6. The second-order valence-corrected chi connectivity index (χ2v) is 4.26. The van der Waals surface area contributed by atoms with Gasteiger partial charge in [0.05, 0.1) is 11.9 Å². The van der Waals surface area contributed by atoms with Crippen LogP contribution in [0.5, 0.6) is 0 Å². The first-order valence-electron chi connectivity index (χ1n) is 5.71. The molecular formula is C10H14N6O. The summed E-state index contributed by atoms with van der Waals surface area (Å²) in [6.45, 7) is 1.19. The molecule has 2 heterocycles. The van der Waals surface area contributed by atoms with E-state index >= 15 is 0 Å². The molecule has 0 amide bonds. The van der Waals surface area contributed by atoms with Gasteiger partial charge in [0, 0.05) is 12.5 Å². The molecule has 0 aliphatic heterocycles. The van der Waals surface area contributed by atoms with Gasteiger partial charge in [-0.15, -0.1) is 5.10 Å². The van der Waals surface area contributed by atoms with Crippen molar-refractivity contribution in [1.29, 1.82) is 0 Å². The summed E-state index contributed by atoms with van der Waals surface area (Å²) in [5, 5.41) is 15.0. The Morgan fingerprint density at radius 3 is 3.18 bits per heavy atom. The molecule has 7 heteroatoms. The van der Waals surface area contributed by atoms with E-state index in [4.69, 9.17) is 4.52 Å². The molecule has 2 aromatic rings. The lowest BCUT2D eigenvalue weighted by Gasteiger charge is -1.92. The summed E-state index contributed by atoms with van der Waals surface area (Å²) in [4.78, 5) is 4.34. The van der Waals surface area contributed by atoms with Crippen LogP contribution in [0.15, 0.2) is 10.7 Å². The highest BCUT2D eigenvalue weighted by molar-refractivity contribution is 5.03. The van der Waals surface area contributed by atoms with Crippen molar-refractivity contribution in [2.75, 3.05) is 7.05 Å². The monoisotopic (exact) mass is 234 g/mol. The molecule has 0 bridgehead atoms. The van der Waals surface area contributed by atoms with Crippen LogP contribution in [0.25, 0.3) is 0 Å². The number of hydrogen-bond donors (Lipinski definition) is 1. The third-order valence-electron chi connectivity index (χ3n) is 2.67. The maximum Gasteiger partial charge on any atom is 0.248 e. The highest BCUT2D eigenvalue weighted by atomic mass is 16.5. The molecule has 0 aromatic carbocycles. The lowest BCUT2D eigenvalue weighted by molar-refractivity contribution is 0.360. The predicted molar refractivity (Wildman–Crippen MR) is 58.2 cm³/mol. The van der Waals surface area contributed by atoms with Crippen molar-refractivity contribution in [2.24, 2.45) is 0 Å². The Kier molecular flexibility index (Phi) is 2.60. The van der Waals surface area contributed by atoms with Gasteiger partial charge in [0.2, 0.25) is 5.89 Å². The maximum atomic E-state index is 5.17. The SMILES string of the molecule is CNCc1cn(Cc2nc(C3CC3)no2)nn1. The molecule has 7 nitrogen and oxygen atoms in total. The second kappa shape index (κ2) is 4.25. The molecule has 1 N–H and O–H groups in total. The normalized spacial score (nSPS) is 15.4. The minimum Gasteiger partial charge on any atom is -0.337 e. The van der Waals surface area contributed by atoms with Gasteiger partial charge in [-0.05, 0) is 19.9 Å². The Hall–Kier alpha value is -1.76. The van der Waals surface area contributed by atoms with Gasteiger partial charge in [-0.2, -0.15) is 4.98 Å². The number of nitrogens with one attached hydrogen (secondary N) is 1. The number of aromatic nitrogens is 5. The second-order valence-electron chi connectivity index (χ2n) is 4.26. The molecule has 1 fully saturated rings. The summed E-state index contributed by atoms with van der Waals surface area (Å²) in [5.74, 6) is 1.94. The van der Waals surface area contributed by atoms with Crippen LogP contribution in [0.3, 0.4) is 0 Å². The van der Waals surface area contributed by atoms with Crippen molar-refractivity contribution in [3.8, 4) is 0 Å². The van der Waals surface area contributed by atoms with Crippen molar-refractivity contribution in [3.63, 3.8) is 0 Å². The highest BCUT2D eigenvalue weighted by Gasteiger charge is 2.28. The average molecular weight is 234 g/mol. The smallest absolute Gasteiger partial charge is 0.248 e. The van der Waals surface area contributed by atoms with E-state index in [1.807, 2.05) is 13.2 Å². The van der Waals surface area contributed by atoms with Gasteiger partial charge in [0.25, 0.3) is 0 Å². The van der Waals surface area contributed by atoms with Crippen LogP contribution in [0.2, 0.25) is 0 Å². The molecule has 3 rings (SSSR count). The van der Waals surface area contributed by atoms with E-state index in [-0.39, 0.29) is 0 Å². The number of rotatable bonds is 5. The van der Waals surface area contributed by atoms with E-state index in [1.165, 1.54) is 12.8 Å². The van der Waals surface area contributed by atoms with Crippen molar-refractivity contribution in [3.05, 3.63) is 23.6 Å². The Morgan fingerprint density at radius 1 is 1.53 bits per heavy atom. The summed E-state index contributed by atoms with van der Waals surface area (Å²) < 4.78 is 6.88. The van der Waals surface area contributed by atoms with Gasteiger partial charge in [-0.1, -0.05) is 10.4 Å². The molecule has 2 aromatic heterocycles. The standard InChI is InChI=1S/C10H14N6O/c1-11-4-8-5-16(15-13-8)6-9-12-10(14-17-9)7-2-3-7/h5,7,11H,2-4,6H2,1H3. The molecule has 0 radical (unpaired) electrons. The first-order chi connectivity index (χ1) is 8.35. The predicted octanol–water partition coefficient (Wildman–Crippen LogP) is 0.306. The van der Waals surface area contributed by atoms with Crippen molar-refractivity contribution < 1.29 is 4.52 Å². The van der Waals surface area contributed by atoms with Gasteiger partial charge in [-0.3, -0.25) is 0 Å². The van der Waals surface area contributed by atoms with E-state index < -0.39 is 0 Å². The fourth-order valence-corrected chi connectivity index (χ4v) is 1.66. The summed E-state index contributed by atoms with van der Waals surface area (Å²) in [6.07, 6.45) is 4.22. The van der Waals surface area contributed by atoms with Crippen LogP contribution in [-0.2, 0) is 13.1 Å². The van der Waals surface area contributed by atoms with Crippen LogP contribution >= 0.6 is 0 Å². The molecular weight excluding hydrogens is 220 g/mol. The van der Waals surface area contributed by atoms with Crippen LogP contribution in [0.4, 0.5) is 0 Å². The first kappa shape index (κ1) is 10.4. The van der Waals surface area contributed by atoms with Crippen LogP contribution in [-0.4, -0.2) is 32.2 Å². The van der Waals surface area contributed by atoms with Crippen molar-refractivity contribution in [2.45, 2.75) is 31.8 Å². The van der Waals surface area contributed by atoms with E-state index in [0.29, 0.717) is 24.9 Å². The fraction of sp³-hybridized carbons (Fsp3) is 0.600. The highest BCUT2D eigenvalue weighted by Crippen LogP contribution is 2.38. The summed E-state index contributed by atoms with van der Waals surface area (Å²) in [6, 6.07) is 0. The van der Waals surface area contributed by atoms with Crippen molar-refractivity contribution >= 4 is 0 Å². The van der Waals surface area contributed by atoms with Crippen LogP contribution < -0.4 is 5.32 Å². The zero-order valence-corrected chi connectivity index (χ0v) is 9.63. The van der Waals surface area contributed by atoms with Crippen LogP contribution in [0, 0.1) is 0 Å². The molecule has 0 saturated heterocycles. The molecule has 17 heavy (non-hydrogen) atoms. The quantitative estimate of drug-likeness (QED) is 0.801. The van der Waals surface area contributed by atoms with Crippen LogP contribution in [0.1, 0.15) is 36.2 Å². The first-order valence-corrected chi connectivity index (χ1v) is 5.71. The largest absolute Gasteiger partial charge is 0.337 e. The van der Waals surface area contributed by atoms with E-state index in [1.54, 1.807) is 4.68 Å². The molecule has 0 spiro atoms. The van der Waals surface area contributed by atoms with Gasteiger partial charge in [0.15, 0.2) is 5.82 Å². The van der Waals surface area contributed by atoms with Gasteiger partial charge in [0.1, 0.15) is 6.54 Å². The zero-order valence-electron chi connectivity index (χ0n) is 9.63. The summed E-state index contributed by atoms with van der Waals surface area (Å²) in [7, 11) is 1.87. The Morgan fingerprint density at radius 2 is 2.41 bits per heavy atom. The molecule has 1 aliphatic rings. The fourth-order valence-electron chi connectivity index (χ4n) is 1.66. The minimum absolute atomic E-state index is 0.483. The average Bonchev–Trinajstić information content (AvgIpc) is 2.92. The molecule has 90 valence electrons. The molecule has 0 atom stereocenters.